The molecule has 1 aliphatic heterocycles. The summed E-state index contributed by atoms with van der Waals surface area (Å²) in [5, 5.41) is 9.66. The fraction of sp³-hybridized carbons (Fsp3) is 0.733. The van der Waals surface area contributed by atoms with E-state index < -0.39 is 0 Å². The number of rotatable bonds is 4. The van der Waals surface area contributed by atoms with E-state index in [1.54, 1.807) is 0 Å². The molecule has 1 aromatic rings. The van der Waals surface area contributed by atoms with Gasteiger partial charge in [0.2, 0.25) is 0 Å². The van der Waals surface area contributed by atoms with Crippen molar-refractivity contribution in [2.24, 2.45) is 0 Å². The zero-order chi connectivity index (χ0) is 14.5. The number of hydrogen-bond acceptors (Lipinski definition) is 5. The molecule has 2 heterocycles. The molecule has 0 saturated carbocycles. The first-order valence-corrected chi connectivity index (χ1v) is 7.67. The van der Waals surface area contributed by atoms with Crippen molar-refractivity contribution < 1.29 is 5.11 Å². The van der Waals surface area contributed by atoms with Crippen molar-refractivity contribution in [1.82, 2.24) is 9.97 Å². The van der Waals surface area contributed by atoms with E-state index >= 15 is 0 Å². The SMILES string of the molecule is CCCc1nc(N)c(C)c(N2CCCCCC2CO)n1. The lowest BCUT2D eigenvalue weighted by Gasteiger charge is -2.31. The second-order valence-electron chi connectivity index (χ2n) is 5.60. The van der Waals surface area contributed by atoms with Crippen molar-refractivity contribution in [2.75, 3.05) is 23.8 Å². The Balaban J connectivity index is 2.37. The Kier molecular flexibility index (Phi) is 5.17. The van der Waals surface area contributed by atoms with Gasteiger partial charge in [-0.2, -0.15) is 0 Å². The van der Waals surface area contributed by atoms with Gasteiger partial charge in [0.15, 0.2) is 0 Å². The molecule has 112 valence electrons. The molecule has 1 aliphatic rings. The van der Waals surface area contributed by atoms with Gasteiger partial charge >= 0.3 is 0 Å². The summed E-state index contributed by atoms with van der Waals surface area (Å²) < 4.78 is 0. The summed E-state index contributed by atoms with van der Waals surface area (Å²) in [7, 11) is 0. The Morgan fingerprint density at radius 2 is 2.10 bits per heavy atom. The smallest absolute Gasteiger partial charge is 0.137 e. The minimum absolute atomic E-state index is 0.153. The molecule has 2 rings (SSSR count). The van der Waals surface area contributed by atoms with E-state index in [9.17, 15) is 5.11 Å². The second-order valence-corrected chi connectivity index (χ2v) is 5.60. The summed E-state index contributed by atoms with van der Waals surface area (Å²) in [4.78, 5) is 11.3. The zero-order valence-corrected chi connectivity index (χ0v) is 12.6. The van der Waals surface area contributed by atoms with E-state index in [4.69, 9.17) is 10.7 Å². The molecule has 1 unspecified atom stereocenters. The minimum atomic E-state index is 0.153. The molecule has 0 radical (unpaired) electrons. The van der Waals surface area contributed by atoms with Gasteiger partial charge in [-0.05, 0) is 26.2 Å². The number of nitrogens with two attached hydrogens (primary N) is 1. The predicted octanol–water partition coefficient (Wildman–Crippen LogP) is 2.06. The normalized spacial score (nSPS) is 19.9. The van der Waals surface area contributed by atoms with Crippen molar-refractivity contribution in [3.8, 4) is 0 Å². The average molecular weight is 278 g/mol. The summed E-state index contributed by atoms with van der Waals surface area (Å²) >= 11 is 0. The van der Waals surface area contributed by atoms with E-state index in [1.165, 1.54) is 12.8 Å². The molecule has 0 aliphatic carbocycles. The van der Waals surface area contributed by atoms with E-state index in [0.29, 0.717) is 5.82 Å². The maximum atomic E-state index is 9.66. The summed E-state index contributed by atoms with van der Waals surface area (Å²) in [6.45, 7) is 5.20. The number of hydrogen-bond donors (Lipinski definition) is 2. The summed E-state index contributed by atoms with van der Waals surface area (Å²) in [6.07, 6.45) is 6.39. The number of aromatic nitrogens is 2. The molecule has 1 fully saturated rings. The van der Waals surface area contributed by atoms with Crippen LogP contribution in [0.15, 0.2) is 0 Å². The average Bonchev–Trinajstić information content (AvgIpc) is 2.68. The second kappa shape index (κ2) is 6.88. The van der Waals surface area contributed by atoms with Crippen LogP contribution in [0.1, 0.15) is 50.4 Å². The molecule has 5 heteroatoms. The number of nitrogen functional groups attached to an aromatic ring is 1. The van der Waals surface area contributed by atoms with Crippen LogP contribution in [0.3, 0.4) is 0 Å². The van der Waals surface area contributed by atoms with Gasteiger partial charge in [-0.15, -0.1) is 0 Å². The highest BCUT2D eigenvalue weighted by molar-refractivity contribution is 5.57. The van der Waals surface area contributed by atoms with Crippen LogP contribution in [0, 0.1) is 6.92 Å². The van der Waals surface area contributed by atoms with Crippen molar-refractivity contribution in [3.05, 3.63) is 11.4 Å². The largest absolute Gasteiger partial charge is 0.394 e. The summed E-state index contributed by atoms with van der Waals surface area (Å²) in [6, 6.07) is 0.153. The van der Waals surface area contributed by atoms with Crippen molar-refractivity contribution in [3.63, 3.8) is 0 Å². The lowest BCUT2D eigenvalue weighted by molar-refractivity contribution is 0.254. The van der Waals surface area contributed by atoms with Crippen LogP contribution in [0.4, 0.5) is 11.6 Å². The first-order valence-electron chi connectivity index (χ1n) is 7.67. The third-order valence-electron chi connectivity index (χ3n) is 4.04. The molecule has 1 atom stereocenters. The van der Waals surface area contributed by atoms with Crippen molar-refractivity contribution >= 4 is 11.6 Å². The van der Waals surface area contributed by atoms with E-state index in [-0.39, 0.29) is 12.6 Å². The van der Waals surface area contributed by atoms with Gasteiger partial charge in [-0.1, -0.05) is 19.8 Å². The number of aliphatic hydroxyl groups is 1. The van der Waals surface area contributed by atoms with Gasteiger partial charge in [-0.3, -0.25) is 0 Å². The molecular formula is C15H26N4O. The first-order chi connectivity index (χ1) is 9.67. The molecule has 0 spiro atoms. The standard InChI is InChI=1S/C15H26N4O/c1-3-7-13-17-14(16)11(2)15(18-13)19-9-6-4-5-8-12(19)10-20/h12,20H,3-10H2,1-2H3,(H2,16,17,18). The Morgan fingerprint density at radius 1 is 1.30 bits per heavy atom. The van der Waals surface area contributed by atoms with Gasteiger partial charge in [0.1, 0.15) is 17.5 Å². The molecular weight excluding hydrogens is 252 g/mol. The van der Waals surface area contributed by atoms with Gasteiger partial charge in [-0.25, -0.2) is 9.97 Å². The van der Waals surface area contributed by atoms with Gasteiger partial charge < -0.3 is 15.7 Å². The molecule has 3 N–H and O–H groups in total. The zero-order valence-electron chi connectivity index (χ0n) is 12.6. The van der Waals surface area contributed by atoms with Crippen LogP contribution in [0.2, 0.25) is 0 Å². The van der Waals surface area contributed by atoms with Gasteiger partial charge in [0, 0.05) is 18.5 Å². The summed E-state index contributed by atoms with van der Waals surface area (Å²) in [5.74, 6) is 2.30. The molecule has 1 saturated heterocycles. The highest BCUT2D eigenvalue weighted by Crippen LogP contribution is 2.27. The maximum Gasteiger partial charge on any atom is 0.137 e. The molecule has 0 bridgehead atoms. The molecule has 20 heavy (non-hydrogen) atoms. The van der Waals surface area contributed by atoms with Crippen LogP contribution in [-0.2, 0) is 6.42 Å². The monoisotopic (exact) mass is 278 g/mol. The van der Waals surface area contributed by atoms with Crippen LogP contribution < -0.4 is 10.6 Å². The lowest BCUT2D eigenvalue weighted by atomic mass is 10.1. The Morgan fingerprint density at radius 3 is 2.80 bits per heavy atom. The summed E-state index contributed by atoms with van der Waals surface area (Å²) in [5.41, 5.74) is 6.98. The van der Waals surface area contributed by atoms with Gasteiger partial charge in [0.25, 0.3) is 0 Å². The molecule has 0 aromatic carbocycles. The van der Waals surface area contributed by atoms with Crippen LogP contribution in [0.25, 0.3) is 0 Å². The van der Waals surface area contributed by atoms with Crippen molar-refractivity contribution in [2.45, 2.75) is 58.4 Å². The topological polar surface area (TPSA) is 75.3 Å². The van der Waals surface area contributed by atoms with Crippen LogP contribution in [-0.4, -0.2) is 34.3 Å². The number of aliphatic hydroxyl groups excluding tert-OH is 1. The third kappa shape index (κ3) is 3.20. The number of aryl methyl sites for hydroxylation is 1. The fourth-order valence-electron chi connectivity index (χ4n) is 2.83. The molecule has 5 nitrogen and oxygen atoms in total. The van der Waals surface area contributed by atoms with Crippen LogP contribution in [0.5, 0.6) is 0 Å². The van der Waals surface area contributed by atoms with E-state index in [0.717, 1.165) is 49.4 Å². The molecule has 0 amide bonds. The Bertz CT molecular complexity index is 450. The third-order valence-corrected chi connectivity index (χ3v) is 4.04. The highest BCUT2D eigenvalue weighted by atomic mass is 16.3. The number of nitrogens with zero attached hydrogens (tertiary/aromatic N) is 3. The Labute approximate surface area is 121 Å². The fourth-order valence-corrected chi connectivity index (χ4v) is 2.83. The van der Waals surface area contributed by atoms with Gasteiger partial charge in [0.05, 0.1) is 12.6 Å². The van der Waals surface area contributed by atoms with Crippen LogP contribution >= 0.6 is 0 Å². The predicted molar refractivity (Wildman–Crippen MR) is 81.9 cm³/mol. The highest BCUT2D eigenvalue weighted by Gasteiger charge is 2.24. The lowest BCUT2D eigenvalue weighted by Crippen LogP contribution is -2.39. The van der Waals surface area contributed by atoms with E-state index in [2.05, 4.69) is 16.8 Å². The Hall–Kier alpha value is -1.36. The first kappa shape index (κ1) is 15.0. The van der Waals surface area contributed by atoms with Crippen molar-refractivity contribution in [1.29, 1.82) is 0 Å². The minimum Gasteiger partial charge on any atom is -0.394 e. The quantitative estimate of drug-likeness (QED) is 0.881. The maximum absolute atomic E-state index is 9.66. The molecule has 1 aromatic heterocycles. The number of anilines is 2. The van der Waals surface area contributed by atoms with E-state index in [1.807, 2.05) is 6.92 Å².